The Kier molecular flexibility index (Phi) is 6.32. The average Bonchev–Trinajstić information content (AvgIpc) is 2.71. The molecule has 3 rings (SSSR count). The van der Waals surface area contributed by atoms with E-state index in [0.717, 1.165) is 37.2 Å². The number of ether oxygens (including phenoxy) is 2. The largest absolute Gasteiger partial charge is 0.493 e. The van der Waals surface area contributed by atoms with Crippen LogP contribution in [-0.4, -0.2) is 14.2 Å². The Morgan fingerprint density at radius 3 is 1.65 bits per heavy atom. The summed E-state index contributed by atoms with van der Waals surface area (Å²) in [4.78, 5) is 0. The monoisotopic (exact) mass is 346 g/mol. The molecule has 0 amide bonds. The third-order valence-electron chi connectivity index (χ3n) is 4.69. The van der Waals surface area contributed by atoms with Crippen LogP contribution in [0.1, 0.15) is 22.3 Å². The summed E-state index contributed by atoms with van der Waals surface area (Å²) in [5.74, 6) is 1.57. The molecule has 3 aromatic rings. The number of benzene rings is 3. The van der Waals surface area contributed by atoms with Crippen molar-refractivity contribution in [3.8, 4) is 11.5 Å². The van der Waals surface area contributed by atoms with Gasteiger partial charge in [0.2, 0.25) is 0 Å². The highest BCUT2D eigenvalue weighted by molar-refractivity contribution is 5.43. The molecule has 0 saturated heterocycles. The van der Waals surface area contributed by atoms with Crippen LogP contribution < -0.4 is 9.47 Å². The molecular formula is C24H26O2. The Morgan fingerprint density at radius 2 is 1.04 bits per heavy atom. The number of hydrogen-bond acceptors (Lipinski definition) is 2. The van der Waals surface area contributed by atoms with Crippen LogP contribution in [-0.2, 0) is 25.7 Å². The second-order valence-electron chi connectivity index (χ2n) is 6.49. The summed E-state index contributed by atoms with van der Waals surface area (Å²) in [5, 5.41) is 0. The minimum Gasteiger partial charge on any atom is -0.493 e. The molecule has 0 unspecified atom stereocenters. The van der Waals surface area contributed by atoms with Gasteiger partial charge in [-0.2, -0.15) is 0 Å². The molecule has 0 saturated carbocycles. The van der Waals surface area contributed by atoms with E-state index in [1.54, 1.807) is 14.2 Å². The number of methoxy groups -OCH3 is 2. The molecule has 0 spiro atoms. The van der Waals surface area contributed by atoms with Crippen LogP contribution in [0.3, 0.4) is 0 Å². The first-order valence-electron chi connectivity index (χ1n) is 9.11. The molecule has 0 aliphatic carbocycles. The third-order valence-corrected chi connectivity index (χ3v) is 4.69. The molecule has 134 valence electrons. The van der Waals surface area contributed by atoms with Gasteiger partial charge in [0.05, 0.1) is 14.2 Å². The van der Waals surface area contributed by atoms with Gasteiger partial charge in [-0.15, -0.1) is 0 Å². The van der Waals surface area contributed by atoms with Crippen LogP contribution >= 0.6 is 0 Å². The molecule has 0 N–H and O–H groups in total. The molecule has 0 aliphatic heterocycles. The standard InChI is InChI=1S/C24H26O2/c1-25-23-16-15-22(18-24(23)26-2)14-13-21-10-6-9-20(17-21)12-11-19-7-4-3-5-8-19/h3-10,15-18H,11-14H2,1-2H3. The van der Waals surface area contributed by atoms with Crippen LogP contribution in [0, 0.1) is 0 Å². The van der Waals surface area contributed by atoms with E-state index in [9.17, 15) is 0 Å². The lowest BCUT2D eigenvalue weighted by Crippen LogP contribution is -1.96. The Balaban J connectivity index is 1.60. The van der Waals surface area contributed by atoms with Gasteiger partial charge < -0.3 is 9.47 Å². The normalized spacial score (nSPS) is 10.5. The van der Waals surface area contributed by atoms with E-state index in [2.05, 4.69) is 66.7 Å². The summed E-state index contributed by atoms with van der Waals surface area (Å²) in [6.07, 6.45) is 4.17. The summed E-state index contributed by atoms with van der Waals surface area (Å²) < 4.78 is 10.7. The topological polar surface area (TPSA) is 18.5 Å². The van der Waals surface area contributed by atoms with E-state index >= 15 is 0 Å². The van der Waals surface area contributed by atoms with Crippen LogP contribution in [0.15, 0.2) is 72.8 Å². The molecular weight excluding hydrogens is 320 g/mol. The maximum Gasteiger partial charge on any atom is 0.160 e. The predicted molar refractivity (Wildman–Crippen MR) is 107 cm³/mol. The van der Waals surface area contributed by atoms with Crippen LogP contribution in [0.5, 0.6) is 11.5 Å². The van der Waals surface area contributed by atoms with Crippen LogP contribution in [0.4, 0.5) is 0 Å². The van der Waals surface area contributed by atoms with Crippen molar-refractivity contribution >= 4 is 0 Å². The van der Waals surface area contributed by atoms with Crippen molar-refractivity contribution in [2.24, 2.45) is 0 Å². The Hall–Kier alpha value is -2.74. The first-order valence-corrected chi connectivity index (χ1v) is 9.11. The minimum atomic E-state index is 0.777. The van der Waals surface area contributed by atoms with E-state index < -0.39 is 0 Å². The Labute approximate surface area is 156 Å². The smallest absolute Gasteiger partial charge is 0.160 e. The van der Waals surface area contributed by atoms with Crippen molar-refractivity contribution in [2.75, 3.05) is 14.2 Å². The molecule has 0 fully saturated rings. The molecule has 0 heterocycles. The van der Waals surface area contributed by atoms with E-state index in [4.69, 9.17) is 9.47 Å². The lowest BCUT2D eigenvalue weighted by molar-refractivity contribution is 0.354. The first kappa shape index (κ1) is 18.1. The van der Waals surface area contributed by atoms with Gasteiger partial charge in [0.15, 0.2) is 11.5 Å². The van der Waals surface area contributed by atoms with Crippen molar-refractivity contribution in [3.05, 3.63) is 95.1 Å². The van der Waals surface area contributed by atoms with Crippen LogP contribution in [0.25, 0.3) is 0 Å². The molecule has 0 aromatic heterocycles. The first-order chi connectivity index (χ1) is 12.8. The Morgan fingerprint density at radius 1 is 0.500 bits per heavy atom. The zero-order chi connectivity index (χ0) is 18.2. The van der Waals surface area contributed by atoms with Crippen molar-refractivity contribution in [2.45, 2.75) is 25.7 Å². The number of hydrogen-bond donors (Lipinski definition) is 0. The van der Waals surface area contributed by atoms with Gasteiger partial charge in [0, 0.05) is 0 Å². The highest BCUT2D eigenvalue weighted by Gasteiger charge is 2.05. The van der Waals surface area contributed by atoms with E-state index in [0.29, 0.717) is 0 Å². The van der Waals surface area contributed by atoms with Crippen molar-refractivity contribution in [3.63, 3.8) is 0 Å². The summed E-state index contributed by atoms with van der Waals surface area (Å²) in [6, 6.07) is 25.8. The van der Waals surface area contributed by atoms with Crippen molar-refractivity contribution < 1.29 is 9.47 Å². The maximum absolute atomic E-state index is 5.40. The predicted octanol–water partition coefficient (Wildman–Crippen LogP) is 5.27. The highest BCUT2D eigenvalue weighted by Crippen LogP contribution is 2.28. The summed E-state index contributed by atoms with van der Waals surface area (Å²) in [6.45, 7) is 0. The summed E-state index contributed by atoms with van der Waals surface area (Å²) in [5.41, 5.74) is 5.43. The maximum atomic E-state index is 5.40. The van der Waals surface area contributed by atoms with E-state index in [-0.39, 0.29) is 0 Å². The second-order valence-corrected chi connectivity index (χ2v) is 6.49. The zero-order valence-electron chi connectivity index (χ0n) is 15.6. The lowest BCUT2D eigenvalue weighted by Gasteiger charge is -2.10. The second kappa shape index (κ2) is 9.10. The van der Waals surface area contributed by atoms with Gasteiger partial charge in [-0.3, -0.25) is 0 Å². The molecule has 0 radical (unpaired) electrons. The van der Waals surface area contributed by atoms with E-state index in [1.807, 2.05) is 6.07 Å². The zero-order valence-corrected chi connectivity index (χ0v) is 15.6. The number of aryl methyl sites for hydroxylation is 4. The molecule has 2 heteroatoms. The van der Waals surface area contributed by atoms with Crippen molar-refractivity contribution in [1.29, 1.82) is 0 Å². The van der Waals surface area contributed by atoms with Crippen molar-refractivity contribution in [1.82, 2.24) is 0 Å². The van der Waals surface area contributed by atoms with Gasteiger partial charge in [-0.25, -0.2) is 0 Å². The Bertz CT molecular complexity index is 825. The molecule has 3 aromatic carbocycles. The SMILES string of the molecule is COc1ccc(CCc2cccc(CCc3ccccc3)c2)cc1OC. The fraction of sp³-hybridized carbons (Fsp3) is 0.250. The fourth-order valence-corrected chi connectivity index (χ4v) is 3.20. The molecule has 26 heavy (non-hydrogen) atoms. The molecule has 2 nitrogen and oxygen atoms in total. The lowest BCUT2D eigenvalue weighted by atomic mass is 9.99. The van der Waals surface area contributed by atoms with Gasteiger partial charge in [-0.1, -0.05) is 60.7 Å². The molecule has 0 atom stereocenters. The van der Waals surface area contributed by atoms with Gasteiger partial charge in [0.1, 0.15) is 0 Å². The highest BCUT2D eigenvalue weighted by atomic mass is 16.5. The third kappa shape index (κ3) is 4.89. The summed E-state index contributed by atoms with van der Waals surface area (Å²) in [7, 11) is 3.34. The quantitative estimate of drug-likeness (QED) is 0.553. The summed E-state index contributed by atoms with van der Waals surface area (Å²) >= 11 is 0. The van der Waals surface area contributed by atoms with Gasteiger partial charge in [0.25, 0.3) is 0 Å². The fourth-order valence-electron chi connectivity index (χ4n) is 3.20. The van der Waals surface area contributed by atoms with Gasteiger partial charge >= 0.3 is 0 Å². The number of rotatable bonds is 8. The molecule has 0 aliphatic rings. The average molecular weight is 346 g/mol. The molecule has 0 bridgehead atoms. The van der Waals surface area contributed by atoms with E-state index in [1.165, 1.54) is 22.3 Å². The van der Waals surface area contributed by atoms with Gasteiger partial charge in [-0.05, 0) is 60.1 Å². The minimum absolute atomic E-state index is 0.777. The van der Waals surface area contributed by atoms with Crippen LogP contribution in [0.2, 0.25) is 0 Å².